The van der Waals surface area contributed by atoms with Gasteiger partial charge in [-0.25, -0.2) is 0 Å². The Morgan fingerprint density at radius 2 is 2.33 bits per heavy atom. The molecule has 0 rings (SSSR count). The van der Waals surface area contributed by atoms with Crippen LogP contribution in [0.2, 0.25) is 0 Å². The van der Waals surface area contributed by atoms with Crippen LogP contribution in [0.1, 0.15) is 0 Å². The van der Waals surface area contributed by atoms with E-state index in [0.717, 1.165) is 0 Å². The van der Waals surface area contributed by atoms with E-state index in [1.54, 1.807) is 0 Å². The first kappa shape index (κ1) is 5.56. The third-order valence-electron chi connectivity index (χ3n) is 0.342. The molecule has 0 fully saturated rings. The summed E-state index contributed by atoms with van der Waals surface area (Å²) in [4.78, 5) is 0. The Hall–Kier alpha value is -0.443. The van der Waals surface area contributed by atoms with E-state index >= 15 is 0 Å². The van der Waals surface area contributed by atoms with E-state index in [0.29, 0.717) is 0 Å². The fraction of sp³-hybridized carbons (Fsp3) is 0.333. The maximum absolute atomic E-state index is 4.43. The lowest BCUT2D eigenvalue weighted by Gasteiger charge is -1.97. The molecule has 0 N–H and O–H groups in total. The highest BCUT2D eigenvalue weighted by atomic mass is 28.2. The van der Waals surface area contributed by atoms with Gasteiger partial charge in [0.05, 0.1) is 7.11 Å². The summed E-state index contributed by atoms with van der Waals surface area (Å²) in [5, 5.41) is 0. The van der Waals surface area contributed by atoms with Crippen LogP contribution in [0.3, 0.4) is 0 Å². The number of hydrogen-bond acceptors (Lipinski definition) is 2. The zero-order valence-electron chi connectivity index (χ0n) is 3.52. The second-order valence-corrected chi connectivity index (χ2v) is 0.882. The molecule has 0 spiro atoms. The van der Waals surface area contributed by atoms with E-state index in [1.807, 2.05) is 0 Å². The third kappa shape index (κ3) is 1.84. The fourth-order valence-corrected chi connectivity index (χ4v) is 0.125. The van der Waals surface area contributed by atoms with Gasteiger partial charge in [0.1, 0.15) is 0 Å². The van der Waals surface area contributed by atoms with Gasteiger partial charge in [0.25, 0.3) is 5.95 Å². The van der Waals surface area contributed by atoms with Crippen LogP contribution >= 0.6 is 0 Å². The molecule has 0 unspecified atom stereocenters. The lowest BCUT2D eigenvalue weighted by Crippen LogP contribution is -1.85. The SMILES string of the molecule is C=C(OC)O[Si]. The number of rotatable bonds is 2. The largest absolute Gasteiger partial charge is 0.516 e. The van der Waals surface area contributed by atoms with Gasteiger partial charge in [-0.15, -0.1) is 0 Å². The van der Waals surface area contributed by atoms with Gasteiger partial charge >= 0.3 is 10.5 Å². The minimum Gasteiger partial charge on any atom is -0.516 e. The van der Waals surface area contributed by atoms with Gasteiger partial charge in [0, 0.05) is 0 Å². The summed E-state index contributed by atoms with van der Waals surface area (Å²) in [6.07, 6.45) is 0. The standard InChI is InChI=1S/C3H5O2Si/c1-3(4-2)5-6/h1H2,2H3. The van der Waals surface area contributed by atoms with Gasteiger partial charge in [0.2, 0.25) is 0 Å². The third-order valence-corrected chi connectivity index (χ3v) is 0.569. The smallest absolute Gasteiger partial charge is 0.345 e. The van der Waals surface area contributed by atoms with Crippen LogP contribution in [0.15, 0.2) is 12.5 Å². The average molecular weight is 101 g/mol. The van der Waals surface area contributed by atoms with Crippen LogP contribution in [-0.4, -0.2) is 17.6 Å². The Bertz CT molecular complexity index is 46.8. The van der Waals surface area contributed by atoms with Crippen molar-refractivity contribution in [1.82, 2.24) is 0 Å². The van der Waals surface area contributed by atoms with E-state index in [2.05, 4.69) is 26.2 Å². The monoisotopic (exact) mass is 101 g/mol. The first-order valence-electron chi connectivity index (χ1n) is 1.37. The molecule has 0 amide bonds. The molecule has 0 aromatic rings. The Balaban J connectivity index is 2.99. The predicted molar refractivity (Wildman–Crippen MR) is 23.0 cm³/mol. The molecular formula is C3H5O2Si. The van der Waals surface area contributed by atoms with Gasteiger partial charge in [-0.1, -0.05) is 0 Å². The molecule has 0 aromatic carbocycles. The van der Waals surface area contributed by atoms with Crippen molar-refractivity contribution in [2.75, 3.05) is 7.11 Å². The van der Waals surface area contributed by atoms with Gasteiger partial charge < -0.3 is 9.16 Å². The van der Waals surface area contributed by atoms with Crippen LogP contribution in [-0.2, 0) is 9.16 Å². The summed E-state index contributed by atoms with van der Waals surface area (Å²) in [5.74, 6) is 0.256. The van der Waals surface area contributed by atoms with Crippen molar-refractivity contribution in [3.8, 4) is 0 Å². The second-order valence-electron chi connectivity index (χ2n) is 0.678. The summed E-state index contributed by atoms with van der Waals surface area (Å²) in [7, 11) is 4.17. The van der Waals surface area contributed by atoms with Crippen molar-refractivity contribution >= 4 is 10.5 Å². The summed E-state index contributed by atoms with van der Waals surface area (Å²) >= 11 is 0. The maximum Gasteiger partial charge on any atom is 0.345 e. The molecule has 0 aliphatic heterocycles. The Morgan fingerprint density at radius 1 is 1.83 bits per heavy atom. The molecule has 0 bridgehead atoms. The molecule has 0 aromatic heterocycles. The highest BCUT2D eigenvalue weighted by Gasteiger charge is 1.77. The minimum atomic E-state index is 0.256. The molecule has 0 aliphatic rings. The van der Waals surface area contributed by atoms with Gasteiger partial charge in [-0.3, -0.25) is 0 Å². The number of methoxy groups -OCH3 is 1. The predicted octanol–water partition coefficient (Wildman–Crippen LogP) is 0.204. The summed E-state index contributed by atoms with van der Waals surface area (Å²) < 4.78 is 8.72. The molecular weight excluding hydrogens is 96.1 g/mol. The summed E-state index contributed by atoms with van der Waals surface area (Å²) in [6.45, 7) is 3.30. The van der Waals surface area contributed by atoms with Crippen LogP contribution in [0.25, 0.3) is 0 Å². The van der Waals surface area contributed by atoms with Crippen LogP contribution in [0.5, 0.6) is 0 Å². The normalized spacial score (nSPS) is 7.00. The fourth-order valence-electron chi connectivity index (χ4n) is 0.0417. The first-order valence-corrected chi connectivity index (χ1v) is 1.78. The average Bonchev–Trinajstić information content (AvgIpc) is 1.65. The molecule has 2 nitrogen and oxygen atoms in total. The lowest BCUT2D eigenvalue weighted by molar-refractivity contribution is 0.162. The van der Waals surface area contributed by atoms with E-state index in [4.69, 9.17) is 0 Å². The summed E-state index contributed by atoms with van der Waals surface area (Å²) in [6, 6.07) is 0. The van der Waals surface area contributed by atoms with Crippen molar-refractivity contribution in [3.05, 3.63) is 12.5 Å². The zero-order valence-corrected chi connectivity index (χ0v) is 4.52. The zero-order chi connectivity index (χ0) is 4.99. The van der Waals surface area contributed by atoms with E-state index in [-0.39, 0.29) is 5.95 Å². The minimum absolute atomic E-state index is 0.256. The Morgan fingerprint density at radius 3 is 2.33 bits per heavy atom. The molecule has 6 heavy (non-hydrogen) atoms. The van der Waals surface area contributed by atoms with Crippen molar-refractivity contribution in [2.45, 2.75) is 0 Å². The molecule has 0 saturated carbocycles. The van der Waals surface area contributed by atoms with Gasteiger partial charge in [-0.05, 0) is 6.58 Å². The Kier molecular flexibility index (Phi) is 2.57. The molecule has 0 heterocycles. The molecule has 0 aliphatic carbocycles. The molecule has 0 saturated heterocycles. The van der Waals surface area contributed by atoms with Crippen LogP contribution in [0.4, 0.5) is 0 Å². The topological polar surface area (TPSA) is 18.5 Å². The van der Waals surface area contributed by atoms with Crippen molar-refractivity contribution in [3.63, 3.8) is 0 Å². The van der Waals surface area contributed by atoms with Gasteiger partial charge in [0.15, 0.2) is 0 Å². The van der Waals surface area contributed by atoms with Crippen LogP contribution in [0, 0.1) is 0 Å². The maximum atomic E-state index is 4.43. The molecule has 33 valence electrons. The van der Waals surface area contributed by atoms with Crippen molar-refractivity contribution in [1.29, 1.82) is 0 Å². The van der Waals surface area contributed by atoms with E-state index < -0.39 is 0 Å². The van der Waals surface area contributed by atoms with E-state index in [1.165, 1.54) is 7.11 Å². The highest BCUT2D eigenvalue weighted by Crippen LogP contribution is 1.84. The van der Waals surface area contributed by atoms with Crippen molar-refractivity contribution in [2.24, 2.45) is 0 Å². The summed E-state index contributed by atoms with van der Waals surface area (Å²) in [5.41, 5.74) is 0. The van der Waals surface area contributed by atoms with Crippen molar-refractivity contribution < 1.29 is 9.16 Å². The Labute approximate surface area is 40.3 Å². The van der Waals surface area contributed by atoms with Gasteiger partial charge in [-0.2, -0.15) is 0 Å². The first-order chi connectivity index (χ1) is 2.81. The lowest BCUT2D eigenvalue weighted by atomic mass is 11.0. The molecule has 3 heteroatoms. The van der Waals surface area contributed by atoms with E-state index in [9.17, 15) is 0 Å². The second kappa shape index (κ2) is 2.78. The highest BCUT2D eigenvalue weighted by molar-refractivity contribution is 5.98. The quantitative estimate of drug-likeness (QED) is 0.365. The number of ether oxygens (including phenoxy) is 1. The van der Waals surface area contributed by atoms with Crippen LogP contribution < -0.4 is 0 Å². The molecule has 3 radical (unpaired) electrons. The molecule has 0 atom stereocenters. The number of hydrogen-bond donors (Lipinski definition) is 0.